The van der Waals surface area contributed by atoms with Crippen molar-refractivity contribution in [1.82, 2.24) is 15.1 Å². The van der Waals surface area contributed by atoms with Crippen LogP contribution in [0.2, 0.25) is 5.02 Å². The lowest BCUT2D eigenvalue weighted by Crippen LogP contribution is -2.19. The zero-order valence-corrected chi connectivity index (χ0v) is 11.0. The van der Waals surface area contributed by atoms with Crippen LogP contribution in [0.15, 0.2) is 30.5 Å². The molecule has 1 aromatic carbocycles. The molecule has 0 fully saturated rings. The molecule has 0 atom stereocenters. The SMILES string of the molecule is CCc1c(C(=O)NC)cnn1-c1cccc(Cl)c1. The third-order valence-corrected chi connectivity index (χ3v) is 2.96. The number of halogens is 1. The van der Waals surface area contributed by atoms with Gasteiger partial charge in [-0.05, 0) is 24.6 Å². The van der Waals surface area contributed by atoms with Gasteiger partial charge in [0.15, 0.2) is 0 Å². The summed E-state index contributed by atoms with van der Waals surface area (Å²) in [6.45, 7) is 1.99. The summed E-state index contributed by atoms with van der Waals surface area (Å²) >= 11 is 5.97. The van der Waals surface area contributed by atoms with Crippen molar-refractivity contribution in [2.45, 2.75) is 13.3 Å². The minimum Gasteiger partial charge on any atom is -0.355 e. The Morgan fingerprint density at radius 3 is 2.89 bits per heavy atom. The summed E-state index contributed by atoms with van der Waals surface area (Å²) < 4.78 is 1.75. The number of carbonyl (C=O) groups excluding carboxylic acids is 1. The second-order valence-electron chi connectivity index (χ2n) is 3.83. The average molecular weight is 264 g/mol. The van der Waals surface area contributed by atoms with Crippen molar-refractivity contribution >= 4 is 17.5 Å². The zero-order valence-electron chi connectivity index (χ0n) is 10.3. The van der Waals surface area contributed by atoms with Gasteiger partial charge in [0.2, 0.25) is 0 Å². The maximum atomic E-state index is 11.7. The van der Waals surface area contributed by atoms with E-state index in [1.54, 1.807) is 24.0 Å². The van der Waals surface area contributed by atoms with E-state index in [4.69, 9.17) is 11.6 Å². The van der Waals surface area contributed by atoms with Crippen LogP contribution in [0.3, 0.4) is 0 Å². The summed E-state index contributed by atoms with van der Waals surface area (Å²) in [6.07, 6.45) is 2.30. The number of hydrogen-bond acceptors (Lipinski definition) is 2. The molecule has 0 aliphatic rings. The van der Waals surface area contributed by atoms with Gasteiger partial charge >= 0.3 is 0 Å². The second kappa shape index (κ2) is 5.23. The molecule has 0 aliphatic heterocycles. The molecule has 94 valence electrons. The molecule has 0 spiro atoms. The maximum Gasteiger partial charge on any atom is 0.254 e. The Morgan fingerprint density at radius 1 is 1.50 bits per heavy atom. The minimum atomic E-state index is -0.125. The number of nitrogens with one attached hydrogen (secondary N) is 1. The highest BCUT2D eigenvalue weighted by Gasteiger charge is 2.15. The lowest BCUT2D eigenvalue weighted by atomic mass is 10.2. The van der Waals surface area contributed by atoms with E-state index in [2.05, 4.69) is 10.4 Å². The Bertz CT molecular complexity index is 577. The third kappa shape index (κ3) is 2.24. The van der Waals surface area contributed by atoms with Crippen molar-refractivity contribution in [3.05, 3.63) is 46.7 Å². The van der Waals surface area contributed by atoms with E-state index in [9.17, 15) is 4.79 Å². The Morgan fingerprint density at radius 2 is 2.28 bits per heavy atom. The van der Waals surface area contributed by atoms with Gasteiger partial charge < -0.3 is 5.32 Å². The average Bonchev–Trinajstić information content (AvgIpc) is 2.81. The molecule has 4 nitrogen and oxygen atoms in total. The van der Waals surface area contributed by atoms with Gasteiger partial charge in [0.05, 0.1) is 23.1 Å². The highest BCUT2D eigenvalue weighted by Crippen LogP contribution is 2.18. The van der Waals surface area contributed by atoms with Crippen LogP contribution in [0.1, 0.15) is 23.0 Å². The quantitative estimate of drug-likeness (QED) is 0.925. The number of carbonyl (C=O) groups is 1. The Balaban J connectivity index is 2.52. The summed E-state index contributed by atoms with van der Waals surface area (Å²) in [5.41, 5.74) is 2.33. The molecule has 0 saturated carbocycles. The highest BCUT2D eigenvalue weighted by atomic mass is 35.5. The molecule has 0 radical (unpaired) electrons. The van der Waals surface area contributed by atoms with Gasteiger partial charge in [-0.25, -0.2) is 4.68 Å². The lowest BCUT2D eigenvalue weighted by Gasteiger charge is -2.07. The molecule has 0 unspecified atom stereocenters. The van der Waals surface area contributed by atoms with Crippen LogP contribution in [-0.2, 0) is 6.42 Å². The van der Waals surface area contributed by atoms with Gasteiger partial charge in [0.25, 0.3) is 5.91 Å². The molecule has 2 rings (SSSR count). The second-order valence-corrected chi connectivity index (χ2v) is 4.27. The van der Waals surface area contributed by atoms with Gasteiger partial charge in [-0.2, -0.15) is 5.10 Å². The van der Waals surface area contributed by atoms with Gasteiger partial charge in [0, 0.05) is 12.1 Å². The van der Waals surface area contributed by atoms with E-state index in [0.29, 0.717) is 10.6 Å². The number of amides is 1. The molecule has 5 heteroatoms. The van der Waals surface area contributed by atoms with E-state index in [1.165, 1.54) is 0 Å². The molecular weight excluding hydrogens is 250 g/mol. The Labute approximate surface area is 111 Å². The molecular formula is C13H14ClN3O. The van der Waals surface area contributed by atoms with Gasteiger partial charge in [-0.3, -0.25) is 4.79 Å². The van der Waals surface area contributed by atoms with Crippen LogP contribution in [0, 0.1) is 0 Å². The van der Waals surface area contributed by atoms with Gasteiger partial charge in [-0.15, -0.1) is 0 Å². The van der Waals surface area contributed by atoms with Crippen molar-refractivity contribution in [3.8, 4) is 5.69 Å². The summed E-state index contributed by atoms with van der Waals surface area (Å²) in [4.78, 5) is 11.7. The Hall–Kier alpha value is -1.81. The van der Waals surface area contributed by atoms with Crippen molar-refractivity contribution in [1.29, 1.82) is 0 Å². The van der Waals surface area contributed by atoms with Crippen LogP contribution in [-0.4, -0.2) is 22.7 Å². The lowest BCUT2D eigenvalue weighted by molar-refractivity contribution is 0.0962. The standard InChI is InChI=1S/C13H14ClN3O/c1-3-12-11(13(18)15-2)8-16-17(12)10-6-4-5-9(14)7-10/h4-8H,3H2,1-2H3,(H,15,18). The normalized spacial score (nSPS) is 10.4. The monoisotopic (exact) mass is 263 g/mol. The maximum absolute atomic E-state index is 11.7. The predicted octanol–water partition coefficient (Wildman–Crippen LogP) is 2.45. The first kappa shape index (κ1) is 12.6. The zero-order chi connectivity index (χ0) is 13.1. The van der Waals surface area contributed by atoms with E-state index < -0.39 is 0 Å². The van der Waals surface area contributed by atoms with Crippen LogP contribution >= 0.6 is 11.6 Å². The summed E-state index contributed by atoms with van der Waals surface area (Å²) in [6, 6.07) is 7.39. The minimum absolute atomic E-state index is 0.125. The molecule has 0 saturated heterocycles. The van der Waals surface area contributed by atoms with E-state index >= 15 is 0 Å². The van der Waals surface area contributed by atoms with Crippen LogP contribution in [0.25, 0.3) is 5.69 Å². The first-order valence-corrected chi connectivity index (χ1v) is 6.10. The first-order chi connectivity index (χ1) is 8.67. The fraction of sp³-hybridized carbons (Fsp3) is 0.231. The van der Waals surface area contributed by atoms with Gasteiger partial charge in [0.1, 0.15) is 0 Å². The van der Waals surface area contributed by atoms with E-state index in [-0.39, 0.29) is 5.91 Å². The predicted molar refractivity (Wildman–Crippen MR) is 71.3 cm³/mol. The molecule has 0 aliphatic carbocycles. The Kier molecular flexibility index (Phi) is 3.67. The molecule has 1 aromatic heterocycles. The van der Waals surface area contributed by atoms with Gasteiger partial charge in [-0.1, -0.05) is 24.6 Å². The number of aromatic nitrogens is 2. The first-order valence-electron chi connectivity index (χ1n) is 5.72. The van der Waals surface area contributed by atoms with Crippen LogP contribution < -0.4 is 5.32 Å². The molecule has 1 heterocycles. The largest absolute Gasteiger partial charge is 0.355 e. The number of benzene rings is 1. The highest BCUT2D eigenvalue weighted by molar-refractivity contribution is 6.30. The summed E-state index contributed by atoms with van der Waals surface area (Å²) in [5, 5.41) is 7.52. The number of hydrogen-bond donors (Lipinski definition) is 1. The topological polar surface area (TPSA) is 46.9 Å². The number of rotatable bonds is 3. The van der Waals surface area contributed by atoms with Crippen LogP contribution in [0.4, 0.5) is 0 Å². The molecule has 2 aromatic rings. The van der Waals surface area contributed by atoms with Crippen LogP contribution in [0.5, 0.6) is 0 Å². The smallest absolute Gasteiger partial charge is 0.254 e. The van der Waals surface area contributed by atoms with Crippen molar-refractivity contribution in [2.75, 3.05) is 7.05 Å². The van der Waals surface area contributed by atoms with Crippen molar-refractivity contribution in [3.63, 3.8) is 0 Å². The summed E-state index contributed by atoms with van der Waals surface area (Å²) in [5.74, 6) is -0.125. The van der Waals surface area contributed by atoms with Crippen molar-refractivity contribution < 1.29 is 4.79 Å². The third-order valence-electron chi connectivity index (χ3n) is 2.73. The molecule has 1 amide bonds. The molecule has 1 N–H and O–H groups in total. The summed E-state index contributed by atoms with van der Waals surface area (Å²) in [7, 11) is 1.61. The fourth-order valence-electron chi connectivity index (χ4n) is 1.87. The molecule has 18 heavy (non-hydrogen) atoms. The fourth-order valence-corrected chi connectivity index (χ4v) is 2.05. The van der Waals surface area contributed by atoms with E-state index in [1.807, 2.05) is 25.1 Å². The molecule has 0 bridgehead atoms. The van der Waals surface area contributed by atoms with E-state index in [0.717, 1.165) is 17.8 Å². The van der Waals surface area contributed by atoms with Crippen molar-refractivity contribution in [2.24, 2.45) is 0 Å². The number of nitrogens with zero attached hydrogens (tertiary/aromatic N) is 2.